The van der Waals surface area contributed by atoms with Gasteiger partial charge in [-0.05, 0) is 25.0 Å². The maximum absolute atomic E-state index is 6.08. The Labute approximate surface area is 125 Å². The van der Waals surface area contributed by atoms with Gasteiger partial charge in [0.15, 0.2) is 5.82 Å². The van der Waals surface area contributed by atoms with Gasteiger partial charge < -0.3 is 4.52 Å². The maximum atomic E-state index is 6.08. The van der Waals surface area contributed by atoms with Crippen molar-refractivity contribution in [2.75, 3.05) is 0 Å². The predicted molar refractivity (Wildman–Crippen MR) is 75.8 cm³/mol. The smallest absolute Gasteiger partial charge is 0.248 e. The quantitative estimate of drug-likeness (QED) is 0.693. The van der Waals surface area contributed by atoms with Crippen molar-refractivity contribution in [2.45, 2.75) is 25.3 Å². The second-order valence-electron chi connectivity index (χ2n) is 5.09. The molecular formula is C14H12ClN5O. The van der Waals surface area contributed by atoms with E-state index in [-0.39, 0.29) is 0 Å². The summed E-state index contributed by atoms with van der Waals surface area (Å²) in [7, 11) is 0. The van der Waals surface area contributed by atoms with E-state index in [2.05, 4.69) is 20.2 Å². The van der Waals surface area contributed by atoms with Crippen molar-refractivity contribution in [2.24, 2.45) is 0 Å². The van der Waals surface area contributed by atoms with Crippen molar-refractivity contribution in [3.8, 4) is 11.1 Å². The fourth-order valence-corrected chi connectivity index (χ4v) is 2.40. The molecule has 1 aliphatic carbocycles. The molecule has 21 heavy (non-hydrogen) atoms. The molecule has 1 aliphatic rings. The van der Waals surface area contributed by atoms with E-state index in [1.807, 2.05) is 18.3 Å². The highest BCUT2D eigenvalue weighted by Gasteiger charge is 2.28. The largest absolute Gasteiger partial charge is 0.337 e. The molecule has 0 amide bonds. The van der Waals surface area contributed by atoms with E-state index in [1.165, 1.54) is 0 Å². The zero-order chi connectivity index (χ0) is 14.2. The molecule has 0 aromatic carbocycles. The van der Waals surface area contributed by atoms with E-state index in [0.717, 1.165) is 29.8 Å². The molecule has 0 saturated heterocycles. The van der Waals surface area contributed by atoms with Crippen LogP contribution in [0.3, 0.4) is 0 Å². The summed E-state index contributed by atoms with van der Waals surface area (Å²) in [6, 6.07) is 3.76. The van der Waals surface area contributed by atoms with Crippen LogP contribution in [0.2, 0.25) is 5.15 Å². The normalized spacial score (nSPS) is 14.5. The monoisotopic (exact) mass is 301 g/mol. The second kappa shape index (κ2) is 4.96. The summed E-state index contributed by atoms with van der Waals surface area (Å²) in [6.45, 7) is 0.456. The lowest BCUT2D eigenvalue weighted by Gasteiger charge is -1.98. The fourth-order valence-electron chi connectivity index (χ4n) is 2.17. The number of aromatic nitrogens is 5. The highest BCUT2D eigenvalue weighted by atomic mass is 35.5. The minimum Gasteiger partial charge on any atom is -0.337 e. The average molecular weight is 302 g/mol. The summed E-state index contributed by atoms with van der Waals surface area (Å²) in [6.07, 6.45) is 7.62. The van der Waals surface area contributed by atoms with Crippen molar-refractivity contribution in [3.63, 3.8) is 0 Å². The van der Waals surface area contributed by atoms with Gasteiger partial charge in [0.25, 0.3) is 0 Å². The van der Waals surface area contributed by atoms with Gasteiger partial charge in [-0.3, -0.25) is 4.68 Å². The van der Waals surface area contributed by atoms with Gasteiger partial charge in [0.1, 0.15) is 11.7 Å². The molecule has 1 fully saturated rings. The first kappa shape index (κ1) is 12.5. The molecule has 0 unspecified atom stereocenters. The Hall–Kier alpha value is -2.21. The van der Waals surface area contributed by atoms with Crippen molar-refractivity contribution in [1.29, 1.82) is 0 Å². The van der Waals surface area contributed by atoms with E-state index in [4.69, 9.17) is 16.1 Å². The van der Waals surface area contributed by atoms with E-state index in [1.54, 1.807) is 17.1 Å². The van der Waals surface area contributed by atoms with Crippen LogP contribution in [-0.2, 0) is 6.54 Å². The summed E-state index contributed by atoms with van der Waals surface area (Å²) < 4.78 is 7.00. The van der Waals surface area contributed by atoms with Crippen LogP contribution < -0.4 is 0 Å². The minimum absolute atomic E-state index is 0.456. The molecule has 0 spiro atoms. The molecule has 3 heterocycles. The van der Waals surface area contributed by atoms with Gasteiger partial charge in [-0.15, -0.1) is 0 Å². The molecule has 4 rings (SSSR count). The summed E-state index contributed by atoms with van der Waals surface area (Å²) >= 11 is 6.08. The summed E-state index contributed by atoms with van der Waals surface area (Å²) in [4.78, 5) is 8.46. The third-order valence-electron chi connectivity index (χ3n) is 3.43. The molecule has 3 aromatic heterocycles. The molecule has 0 atom stereocenters. The molecule has 0 aliphatic heterocycles. The lowest BCUT2D eigenvalue weighted by Crippen LogP contribution is -2.00. The highest BCUT2D eigenvalue weighted by molar-refractivity contribution is 6.32. The van der Waals surface area contributed by atoms with E-state index in [9.17, 15) is 0 Å². The van der Waals surface area contributed by atoms with Gasteiger partial charge in [-0.1, -0.05) is 16.8 Å². The van der Waals surface area contributed by atoms with Crippen molar-refractivity contribution >= 4 is 11.6 Å². The second-order valence-corrected chi connectivity index (χ2v) is 5.45. The summed E-state index contributed by atoms with van der Waals surface area (Å²) in [5.41, 5.74) is 1.77. The molecular weight excluding hydrogens is 290 g/mol. The lowest BCUT2D eigenvalue weighted by atomic mass is 10.2. The molecule has 7 heteroatoms. The molecule has 1 saturated carbocycles. The SMILES string of the molecule is Clc1ncccc1-c1cnn(Cc2nc(C3CC3)no2)c1. The maximum Gasteiger partial charge on any atom is 0.248 e. The van der Waals surface area contributed by atoms with Crippen LogP contribution in [-0.4, -0.2) is 24.9 Å². The van der Waals surface area contributed by atoms with Gasteiger partial charge in [-0.25, -0.2) is 4.98 Å². The Kier molecular flexibility index (Phi) is 2.96. The van der Waals surface area contributed by atoms with Crippen LogP contribution in [0, 0.1) is 0 Å². The zero-order valence-electron chi connectivity index (χ0n) is 11.1. The molecule has 3 aromatic rings. The third kappa shape index (κ3) is 2.54. The minimum atomic E-state index is 0.456. The van der Waals surface area contributed by atoms with Crippen LogP contribution in [0.25, 0.3) is 11.1 Å². The highest BCUT2D eigenvalue weighted by Crippen LogP contribution is 2.38. The van der Waals surface area contributed by atoms with Crippen molar-refractivity contribution in [3.05, 3.63) is 47.6 Å². The molecule has 0 radical (unpaired) electrons. The van der Waals surface area contributed by atoms with Crippen LogP contribution in [0.5, 0.6) is 0 Å². The number of rotatable bonds is 4. The Morgan fingerprint density at radius 2 is 2.29 bits per heavy atom. The number of nitrogens with zero attached hydrogens (tertiary/aromatic N) is 5. The van der Waals surface area contributed by atoms with E-state index >= 15 is 0 Å². The van der Waals surface area contributed by atoms with E-state index < -0.39 is 0 Å². The van der Waals surface area contributed by atoms with Crippen LogP contribution in [0.4, 0.5) is 0 Å². The van der Waals surface area contributed by atoms with Crippen molar-refractivity contribution in [1.82, 2.24) is 24.9 Å². The standard InChI is InChI=1S/C14H12ClN5O/c15-13-11(2-1-5-16-13)10-6-17-20(7-10)8-12-18-14(19-21-12)9-3-4-9/h1-2,5-7,9H,3-4,8H2. The van der Waals surface area contributed by atoms with Crippen LogP contribution >= 0.6 is 11.6 Å². The summed E-state index contributed by atoms with van der Waals surface area (Å²) in [5.74, 6) is 1.88. The first-order valence-electron chi connectivity index (χ1n) is 6.75. The zero-order valence-corrected chi connectivity index (χ0v) is 11.9. The van der Waals surface area contributed by atoms with Gasteiger partial charge in [0.2, 0.25) is 5.89 Å². The average Bonchev–Trinajstić information content (AvgIpc) is 3.06. The topological polar surface area (TPSA) is 69.6 Å². The molecule has 106 valence electrons. The third-order valence-corrected chi connectivity index (χ3v) is 3.73. The van der Waals surface area contributed by atoms with Gasteiger partial charge >= 0.3 is 0 Å². The van der Waals surface area contributed by atoms with Gasteiger partial charge in [0.05, 0.1) is 6.20 Å². The van der Waals surface area contributed by atoms with Crippen LogP contribution in [0.1, 0.15) is 30.5 Å². The van der Waals surface area contributed by atoms with Gasteiger partial charge in [0, 0.05) is 29.4 Å². The Balaban J connectivity index is 1.55. The number of hydrogen-bond donors (Lipinski definition) is 0. The van der Waals surface area contributed by atoms with Gasteiger partial charge in [-0.2, -0.15) is 10.1 Å². The van der Waals surface area contributed by atoms with E-state index in [0.29, 0.717) is 23.5 Å². The lowest BCUT2D eigenvalue weighted by molar-refractivity contribution is 0.361. The Morgan fingerprint density at radius 1 is 1.38 bits per heavy atom. The predicted octanol–water partition coefficient (Wildman–Crippen LogP) is 2.91. The molecule has 0 N–H and O–H groups in total. The summed E-state index contributed by atoms with van der Waals surface area (Å²) in [5, 5.41) is 8.76. The van der Waals surface area contributed by atoms with Crippen molar-refractivity contribution < 1.29 is 4.52 Å². The molecule has 6 nitrogen and oxygen atoms in total. The first-order chi connectivity index (χ1) is 10.3. The number of halogens is 1. The number of hydrogen-bond acceptors (Lipinski definition) is 5. The number of pyridine rings is 1. The van der Waals surface area contributed by atoms with Crippen LogP contribution in [0.15, 0.2) is 35.2 Å². The Morgan fingerprint density at radius 3 is 3.10 bits per heavy atom. The fraction of sp³-hybridized carbons (Fsp3) is 0.286. The molecule has 0 bridgehead atoms. The first-order valence-corrected chi connectivity index (χ1v) is 7.13. The Bertz CT molecular complexity index is 777.